The molecule has 1 amide bonds. The number of carbonyl (C=O) groups is 1. The Labute approximate surface area is 184 Å². The Kier molecular flexibility index (Phi) is 4.38. The van der Waals surface area contributed by atoms with E-state index in [-0.39, 0.29) is 35.1 Å². The summed E-state index contributed by atoms with van der Waals surface area (Å²) < 4.78 is 46.0. The molecule has 0 fully saturated rings. The van der Waals surface area contributed by atoms with Crippen molar-refractivity contribution in [2.45, 2.75) is 12.2 Å². The Morgan fingerprint density at radius 1 is 1.30 bits per heavy atom. The van der Waals surface area contributed by atoms with Gasteiger partial charge in [-0.3, -0.25) is 14.2 Å². The van der Waals surface area contributed by atoms with Gasteiger partial charge in [0.15, 0.2) is 0 Å². The molecule has 1 aromatic carbocycles. The third-order valence-electron chi connectivity index (χ3n) is 5.55. The maximum Gasteiger partial charge on any atom is 0.418 e. The molecule has 5 rings (SSSR count). The van der Waals surface area contributed by atoms with Crippen LogP contribution in [0, 0.1) is 6.57 Å². The van der Waals surface area contributed by atoms with Crippen LogP contribution in [-0.2, 0) is 6.18 Å². The van der Waals surface area contributed by atoms with Crippen LogP contribution >= 0.6 is 0 Å². The number of imidazole rings is 1. The van der Waals surface area contributed by atoms with Crippen molar-refractivity contribution in [3.05, 3.63) is 65.2 Å². The smallest absolute Gasteiger partial charge is 0.418 e. The van der Waals surface area contributed by atoms with E-state index in [0.717, 1.165) is 6.07 Å². The molecule has 0 bridgehead atoms. The van der Waals surface area contributed by atoms with E-state index >= 15 is 0 Å². The number of anilines is 1. The first-order valence-corrected chi connectivity index (χ1v) is 9.59. The summed E-state index contributed by atoms with van der Waals surface area (Å²) in [6.07, 6.45) is -0.789. The number of nitrogens with two attached hydrogens (primary N) is 1. The zero-order chi connectivity index (χ0) is 23.5. The maximum atomic E-state index is 13.4. The molecule has 1 atom stereocenters. The monoisotopic (exact) mass is 453 g/mol. The topological polar surface area (TPSA) is 103 Å². The lowest BCUT2D eigenvalue weighted by Gasteiger charge is -2.24. The van der Waals surface area contributed by atoms with Crippen molar-refractivity contribution in [2.75, 3.05) is 19.4 Å². The maximum absolute atomic E-state index is 13.4. The molecular formula is C21H14F3N7O2. The summed E-state index contributed by atoms with van der Waals surface area (Å²) in [5, 5.41) is 0. The Bertz CT molecular complexity index is 1490. The lowest BCUT2D eigenvalue weighted by Crippen LogP contribution is -2.32. The standard InChI is InChI=1S/C21H14F3N7O2/c1-26-12-5-13-14(31-9-27-7-15(31)19(25)29-13)4-11(12)20(32)30(2)16-8-33-17-3-10(21(22,23)24)6-28-18(16)17/h3-7,9,16H,8H2,2H3,(H2,25,29)/t16-/m1/s1. The lowest BCUT2D eigenvalue weighted by atomic mass is 10.1. The van der Waals surface area contributed by atoms with Crippen molar-refractivity contribution >= 4 is 34.0 Å². The first-order chi connectivity index (χ1) is 15.7. The van der Waals surface area contributed by atoms with E-state index in [2.05, 4.69) is 19.8 Å². The molecule has 0 saturated heterocycles. The van der Waals surface area contributed by atoms with E-state index in [4.69, 9.17) is 17.0 Å². The van der Waals surface area contributed by atoms with Crippen LogP contribution in [0.3, 0.4) is 0 Å². The fourth-order valence-electron chi connectivity index (χ4n) is 3.83. The second-order valence-electron chi connectivity index (χ2n) is 7.46. The zero-order valence-corrected chi connectivity index (χ0v) is 17.0. The molecule has 4 aromatic rings. The van der Waals surface area contributed by atoms with E-state index in [1.54, 1.807) is 4.40 Å². The first kappa shape index (κ1) is 20.5. The largest absolute Gasteiger partial charge is 0.489 e. The van der Waals surface area contributed by atoms with Gasteiger partial charge in [0.05, 0.1) is 35.7 Å². The number of rotatable bonds is 2. The van der Waals surface area contributed by atoms with Crippen LogP contribution in [0.1, 0.15) is 27.7 Å². The fourth-order valence-corrected chi connectivity index (χ4v) is 3.83. The summed E-state index contributed by atoms with van der Waals surface area (Å²) in [5.41, 5.74) is 6.89. The highest BCUT2D eigenvalue weighted by atomic mass is 19.4. The molecule has 12 heteroatoms. The van der Waals surface area contributed by atoms with Gasteiger partial charge in [0, 0.05) is 18.8 Å². The molecule has 0 radical (unpaired) electrons. The van der Waals surface area contributed by atoms with Crippen LogP contribution in [0.4, 0.5) is 24.7 Å². The number of pyridine rings is 1. The fraction of sp³-hybridized carbons (Fsp3) is 0.190. The molecule has 0 unspecified atom stereocenters. The van der Waals surface area contributed by atoms with Crippen LogP contribution in [-0.4, -0.2) is 43.8 Å². The van der Waals surface area contributed by atoms with Crippen molar-refractivity contribution in [1.29, 1.82) is 0 Å². The quantitative estimate of drug-likeness (QED) is 0.465. The van der Waals surface area contributed by atoms with Crippen molar-refractivity contribution in [1.82, 2.24) is 24.3 Å². The highest BCUT2D eigenvalue weighted by Gasteiger charge is 2.37. The lowest BCUT2D eigenvalue weighted by molar-refractivity contribution is -0.137. The summed E-state index contributed by atoms with van der Waals surface area (Å²) in [4.78, 5) is 30.4. The summed E-state index contributed by atoms with van der Waals surface area (Å²) in [6, 6.07) is 3.14. The number of carbonyl (C=O) groups excluding carboxylic acids is 1. The SMILES string of the molecule is [C-]#[N+]c1cc2nc(N)c3cncn3c2cc1C(=O)N(C)[C@@H]1COc2cc(C(F)(F)F)cnc21. The molecule has 3 aromatic heterocycles. The number of alkyl halides is 3. The Morgan fingerprint density at radius 2 is 2.09 bits per heavy atom. The summed E-state index contributed by atoms with van der Waals surface area (Å²) in [6.45, 7) is 7.46. The Hall–Kier alpha value is -4.40. The minimum Gasteiger partial charge on any atom is -0.489 e. The summed E-state index contributed by atoms with van der Waals surface area (Å²) in [5.74, 6) is -0.314. The molecule has 0 saturated carbocycles. The number of halogens is 3. The number of hydrogen-bond donors (Lipinski definition) is 1. The molecule has 2 N–H and O–H groups in total. The molecule has 0 aliphatic carbocycles. The van der Waals surface area contributed by atoms with Crippen molar-refractivity contribution in [3.8, 4) is 5.75 Å². The third-order valence-corrected chi connectivity index (χ3v) is 5.55. The molecule has 0 spiro atoms. The summed E-state index contributed by atoms with van der Waals surface area (Å²) >= 11 is 0. The van der Waals surface area contributed by atoms with Gasteiger partial charge in [0.25, 0.3) is 0 Å². The number of nitrogens with zero attached hydrogens (tertiary/aromatic N) is 6. The van der Waals surface area contributed by atoms with Gasteiger partial charge in [-0.25, -0.2) is 14.8 Å². The van der Waals surface area contributed by atoms with Gasteiger partial charge in [0.2, 0.25) is 11.6 Å². The van der Waals surface area contributed by atoms with Crippen molar-refractivity contribution < 1.29 is 22.7 Å². The average molecular weight is 453 g/mol. The molecule has 9 nitrogen and oxygen atoms in total. The van der Waals surface area contributed by atoms with E-state index in [0.29, 0.717) is 22.7 Å². The van der Waals surface area contributed by atoms with Gasteiger partial charge < -0.3 is 15.4 Å². The number of hydrogen-bond acceptors (Lipinski definition) is 6. The number of amides is 1. The van der Waals surface area contributed by atoms with Gasteiger partial charge in [-0.15, -0.1) is 0 Å². The second kappa shape index (κ2) is 7.06. The minimum atomic E-state index is -4.56. The van der Waals surface area contributed by atoms with Crippen LogP contribution in [0.2, 0.25) is 0 Å². The molecular weight excluding hydrogens is 439 g/mol. The number of nitrogen functional groups attached to an aromatic ring is 1. The predicted molar refractivity (Wildman–Crippen MR) is 111 cm³/mol. The molecule has 1 aliphatic rings. The Morgan fingerprint density at radius 3 is 2.82 bits per heavy atom. The average Bonchev–Trinajstić information content (AvgIpc) is 3.44. The number of fused-ring (bicyclic) bond motifs is 4. The molecule has 1 aliphatic heterocycles. The van der Waals surface area contributed by atoms with Gasteiger partial charge >= 0.3 is 6.18 Å². The second-order valence-corrected chi connectivity index (χ2v) is 7.46. The Balaban J connectivity index is 1.56. The number of aromatic nitrogens is 4. The highest BCUT2D eigenvalue weighted by molar-refractivity contribution is 6.04. The van der Waals surface area contributed by atoms with Crippen LogP contribution in [0.25, 0.3) is 21.4 Å². The van der Waals surface area contributed by atoms with Crippen LogP contribution in [0.5, 0.6) is 5.75 Å². The van der Waals surface area contributed by atoms with Crippen molar-refractivity contribution in [3.63, 3.8) is 0 Å². The van der Waals surface area contributed by atoms with Gasteiger partial charge in [0.1, 0.15) is 35.4 Å². The molecule has 166 valence electrons. The summed E-state index contributed by atoms with van der Waals surface area (Å²) in [7, 11) is 1.48. The number of ether oxygens (including phenoxy) is 1. The minimum absolute atomic E-state index is 0.0295. The molecule has 33 heavy (non-hydrogen) atoms. The third kappa shape index (κ3) is 3.16. The molecule has 4 heterocycles. The predicted octanol–water partition coefficient (Wildman–Crippen LogP) is 3.63. The van der Waals surface area contributed by atoms with Gasteiger partial charge in [-0.2, -0.15) is 13.2 Å². The van der Waals surface area contributed by atoms with Crippen LogP contribution in [0.15, 0.2) is 36.9 Å². The first-order valence-electron chi connectivity index (χ1n) is 9.59. The zero-order valence-electron chi connectivity index (χ0n) is 17.0. The van der Waals surface area contributed by atoms with E-state index in [1.165, 1.54) is 36.6 Å². The number of benzene rings is 1. The highest BCUT2D eigenvalue weighted by Crippen LogP contribution is 2.39. The van der Waals surface area contributed by atoms with E-state index < -0.39 is 23.7 Å². The normalized spacial score (nSPS) is 15.3. The van der Waals surface area contributed by atoms with Crippen molar-refractivity contribution in [2.24, 2.45) is 0 Å². The number of likely N-dealkylation sites (N-methyl/N-ethyl adjacent to an activating group) is 1. The van der Waals surface area contributed by atoms with Crippen LogP contribution < -0.4 is 10.5 Å². The van der Waals surface area contributed by atoms with Gasteiger partial charge in [-0.1, -0.05) is 0 Å². The van der Waals surface area contributed by atoms with E-state index in [9.17, 15) is 18.0 Å². The van der Waals surface area contributed by atoms with Gasteiger partial charge in [-0.05, 0) is 18.2 Å². The van der Waals surface area contributed by atoms with E-state index in [1.807, 2.05) is 0 Å².